The minimum atomic E-state index is -0.702. The number of halogens is 1. The Balaban J connectivity index is 3.44. The number of hydrogen-bond donors (Lipinski definition) is 1. The molecule has 0 saturated heterocycles. The lowest BCUT2D eigenvalue weighted by Gasteiger charge is -2.10. The summed E-state index contributed by atoms with van der Waals surface area (Å²) < 4.78 is 17.8. The number of rotatable bonds is 1. The summed E-state index contributed by atoms with van der Waals surface area (Å²) in [6, 6.07) is 1.23. The zero-order chi connectivity index (χ0) is 10.9. The molecule has 0 aliphatic heterocycles. The Hall–Kier alpha value is -1.58. The molecule has 1 aromatic carbocycles. The van der Waals surface area contributed by atoms with Crippen LogP contribution in [0.3, 0.4) is 0 Å². The molecule has 0 aromatic heterocycles. The number of ether oxygens (including phenoxy) is 1. The van der Waals surface area contributed by atoms with Crippen LogP contribution in [0.15, 0.2) is 6.07 Å². The normalized spacial score (nSPS) is 10.0. The van der Waals surface area contributed by atoms with E-state index in [1.54, 1.807) is 13.8 Å². The van der Waals surface area contributed by atoms with Crippen molar-refractivity contribution in [3.8, 4) is 0 Å². The second-order valence-electron chi connectivity index (χ2n) is 3.08. The van der Waals surface area contributed by atoms with Crippen molar-refractivity contribution in [3.05, 3.63) is 28.6 Å². The largest absolute Gasteiger partial charge is 0.465 e. The van der Waals surface area contributed by atoms with Crippen LogP contribution in [0, 0.1) is 19.7 Å². The lowest BCUT2D eigenvalue weighted by atomic mass is 10.0. The van der Waals surface area contributed by atoms with E-state index in [2.05, 4.69) is 4.74 Å². The minimum Gasteiger partial charge on any atom is -0.465 e. The molecule has 0 unspecified atom stereocenters. The number of carbonyl (C=O) groups is 1. The molecule has 0 fully saturated rings. The van der Waals surface area contributed by atoms with Gasteiger partial charge in [0.25, 0.3) is 0 Å². The Bertz CT molecular complexity index is 388. The Morgan fingerprint density at radius 1 is 1.50 bits per heavy atom. The molecule has 0 amide bonds. The fourth-order valence-corrected chi connectivity index (χ4v) is 1.30. The van der Waals surface area contributed by atoms with E-state index in [0.717, 1.165) is 0 Å². The maximum absolute atomic E-state index is 13.4. The Morgan fingerprint density at radius 2 is 2.07 bits per heavy atom. The van der Waals surface area contributed by atoms with Gasteiger partial charge in [0.15, 0.2) is 0 Å². The molecule has 0 bridgehead atoms. The molecular formula is C10H12FNO2. The lowest BCUT2D eigenvalue weighted by Crippen LogP contribution is -2.10. The van der Waals surface area contributed by atoms with Crippen molar-refractivity contribution < 1.29 is 13.9 Å². The predicted molar refractivity (Wildman–Crippen MR) is 51.6 cm³/mol. The molecule has 0 radical (unpaired) electrons. The second kappa shape index (κ2) is 3.65. The predicted octanol–water partition coefficient (Wildman–Crippen LogP) is 1.81. The Labute approximate surface area is 81.7 Å². The van der Waals surface area contributed by atoms with Gasteiger partial charge in [0.2, 0.25) is 0 Å². The fraction of sp³-hybridized carbons (Fsp3) is 0.300. The van der Waals surface area contributed by atoms with E-state index in [1.165, 1.54) is 13.2 Å². The van der Waals surface area contributed by atoms with Gasteiger partial charge < -0.3 is 10.5 Å². The van der Waals surface area contributed by atoms with Gasteiger partial charge in [0, 0.05) is 5.69 Å². The van der Waals surface area contributed by atoms with Crippen molar-refractivity contribution >= 4 is 11.7 Å². The summed E-state index contributed by atoms with van der Waals surface area (Å²) in [6.45, 7) is 3.28. The van der Waals surface area contributed by atoms with Gasteiger partial charge in [-0.1, -0.05) is 0 Å². The highest BCUT2D eigenvalue weighted by molar-refractivity contribution is 5.93. The van der Waals surface area contributed by atoms with E-state index in [-0.39, 0.29) is 5.56 Å². The van der Waals surface area contributed by atoms with Crippen LogP contribution in [-0.2, 0) is 4.74 Å². The standard InChI is InChI=1S/C10H12FNO2/c1-5-4-7(11)8(10(13)14-3)6(2)9(5)12/h4H,12H2,1-3H3. The third-order valence-electron chi connectivity index (χ3n) is 2.18. The average molecular weight is 197 g/mol. The zero-order valence-corrected chi connectivity index (χ0v) is 8.35. The van der Waals surface area contributed by atoms with Gasteiger partial charge >= 0.3 is 5.97 Å². The van der Waals surface area contributed by atoms with Crippen molar-refractivity contribution in [1.29, 1.82) is 0 Å². The molecule has 14 heavy (non-hydrogen) atoms. The summed E-state index contributed by atoms with van der Waals surface area (Å²) in [6.07, 6.45) is 0. The zero-order valence-electron chi connectivity index (χ0n) is 8.35. The first-order chi connectivity index (χ1) is 6.49. The molecule has 2 N–H and O–H groups in total. The average Bonchev–Trinajstić information content (AvgIpc) is 2.14. The molecule has 0 aliphatic carbocycles. The van der Waals surface area contributed by atoms with Crippen LogP contribution in [0.5, 0.6) is 0 Å². The van der Waals surface area contributed by atoms with Crippen LogP contribution in [0.4, 0.5) is 10.1 Å². The van der Waals surface area contributed by atoms with Crippen LogP contribution in [0.2, 0.25) is 0 Å². The highest BCUT2D eigenvalue weighted by Crippen LogP contribution is 2.23. The number of aryl methyl sites for hydroxylation is 1. The second-order valence-corrected chi connectivity index (χ2v) is 3.08. The fourth-order valence-electron chi connectivity index (χ4n) is 1.30. The van der Waals surface area contributed by atoms with Gasteiger partial charge in [0.1, 0.15) is 11.4 Å². The van der Waals surface area contributed by atoms with E-state index in [9.17, 15) is 9.18 Å². The molecule has 76 valence electrons. The highest BCUT2D eigenvalue weighted by Gasteiger charge is 2.18. The number of hydrogen-bond acceptors (Lipinski definition) is 3. The van der Waals surface area contributed by atoms with E-state index < -0.39 is 11.8 Å². The van der Waals surface area contributed by atoms with Crippen LogP contribution in [0.25, 0.3) is 0 Å². The Morgan fingerprint density at radius 3 is 2.57 bits per heavy atom. The number of carbonyl (C=O) groups excluding carboxylic acids is 1. The highest BCUT2D eigenvalue weighted by atomic mass is 19.1. The van der Waals surface area contributed by atoms with Gasteiger partial charge in [-0.25, -0.2) is 9.18 Å². The maximum Gasteiger partial charge on any atom is 0.341 e. The smallest absolute Gasteiger partial charge is 0.341 e. The summed E-state index contributed by atoms with van der Waals surface area (Å²) in [7, 11) is 1.21. The number of nitrogens with two attached hydrogens (primary N) is 1. The number of benzene rings is 1. The molecular weight excluding hydrogens is 185 g/mol. The maximum atomic E-state index is 13.4. The van der Waals surface area contributed by atoms with Crippen LogP contribution in [-0.4, -0.2) is 13.1 Å². The van der Waals surface area contributed by atoms with Crippen molar-refractivity contribution in [2.75, 3.05) is 12.8 Å². The molecule has 1 aromatic rings. The molecule has 3 nitrogen and oxygen atoms in total. The number of anilines is 1. The molecule has 0 spiro atoms. The van der Waals surface area contributed by atoms with E-state index in [0.29, 0.717) is 16.8 Å². The van der Waals surface area contributed by atoms with Gasteiger partial charge in [-0.05, 0) is 31.0 Å². The summed E-state index contributed by atoms with van der Waals surface area (Å²) in [5.41, 5.74) is 7.05. The van der Waals surface area contributed by atoms with Gasteiger partial charge in [-0.3, -0.25) is 0 Å². The van der Waals surface area contributed by atoms with Crippen LogP contribution >= 0.6 is 0 Å². The number of nitrogen functional groups attached to an aromatic ring is 1. The summed E-state index contributed by atoms with van der Waals surface area (Å²) in [5, 5.41) is 0. The van der Waals surface area contributed by atoms with Crippen molar-refractivity contribution in [2.45, 2.75) is 13.8 Å². The summed E-state index contributed by atoms with van der Waals surface area (Å²) in [5.74, 6) is -1.30. The monoisotopic (exact) mass is 197 g/mol. The first-order valence-electron chi connectivity index (χ1n) is 4.12. The van der Waals surface area contributed by atoms with E-state index in [1.807, 2.05) is 0 Å². The molecule has 1 rings (SSSR count). The van der Waals surface area contributed by atoms with E-state index >= 15 is 0 Å². The van der Waals surface area contributed by atoms with Gasteiger partial charge in [-0.2, -0.15) is 0 Å². The molecule has 0 saturated carbocycles. The number of methoxy groups -OCH3 is 1. The van der Waals surface area contributed by atoms with Crippen LogP contribution in [0.1, 0.15) is 21.5 Å². The summed E-state index contributed by atoms with van der Waals surface area (Å²) >= 11 is 0. The first kappa shape index (κ1) is 10.5. The third-order valence-corrected chi connectivity index (χ3v) is 2.18. The quantitative estimate of drug-likeness (QED) is 0.551. The molecule has 0 atom stereocenters. The van der Waals surface area contributed by atoms with Crippen molar-refractivity contribution in [3.63, 3.8) is 0 Å². The van der Waals surface area contributed by atoms with Crippen molar-refractivity contribution in [1.82, 2.24) is 0 Å². The van der Waals surface area contributed by atoms with Gasteiger partial charge in [0.05, 0.1) is 7.11 Å². The molecule has 0 aliphatic rings. The van der Waals surface area contributed by atoms with Crippen LogP contribution < -0.4 is 5.73 Å². The Kier molecular flexibility index (Phi) is 2.74. The van der Waals surface area contributed by atoms with E-state index in [4.69, 9.17) is 5.73 Å². The van der Waals surface area contributed by atoms with Gasteiger partial charge in [-0.15, -0.1) is 0 Å². The molecule has 0 heterocycles. The first-order valence-corrected chi connectivity index (χ1v) is 4.12. The SMILES string of the molecule is COC(=O)c1c(F)cc(C)c(N)c1C. The lowest BCUT2D eigenvalue weighted by molar-refractivity contribution is 0.0594. The minimum absolute atomic E-state index is 0.0874. The number of esters is 1. The topological polar surface area (TPSA) is 52.3 Å². The third kappa shape index (κ3) is 1.55. The molecule has 4 heteroatoms. The van der Waals surface area contributed by atoms with Crippen molar-refractivity contribution in [2.24, 2.45) is 0 Å². The summed E-state index contributed by atoms with van der Waals surface area (Å²) in [4.78, 5) is 11.2.